The van der Waals surface area contributed by atoms with Gasteiger partial charge in [-0.05, 0) is 37.3 Å². The van der Waals surface area contributed by atoms with Crippen LogP contribution in [0.2, 0.25) is 0 Å². The van der Waals surface area contributed by atoms with Crippen LogP contribution in [-0.4, -0.2) is 40.2 Å². The molecular formula is C20H24O6. The highest BCUT2D eigenvalue weighted by Crippen LogP contribution is 2.36. The lowest BCUT2D eigenvalue weighted by Gasteiger charge is -2.15. The Morgan fingerprint density at radius 3 is 2.08 bits per heavy atom. The van der Waals surface area contributed by atoms with Crippen molar-refractivity contribution in [2.24, 2.45) is 0 Å². The van der Waals surface area contributed by atoms with Gasteiger partial charge in [-0.3, -0.25) is 4.79 Å². The van der Waals surface area contributed by atoms with Gasteiger partial charge in [0.15, 0.2) is 5.78 Å². The maximum absolute atomic E-state index is 12.9. The Labute approximate surface area is 153 Å². The summed E-state index contributed by atoms with van der Waals surface area (Å²) in [6, 6.07) is 3.32. The van der Waals surface area contributed by atoms with Gasteiger partial charge in [0.25, 0.3) is 0 Å². The Morgan fingerprint density at radius 2 is 1.62 bits per heavy atom. The van der Waals surface area contributed by atoms with Crippen LogP contribution in [0.25, 0.3) is 6.08 Å². The van der Waals surface area contributed by atoms with Crippen molar-refractivity contribution in [2.75, 3.05) is 28.4 Å². The topological polar surface area (TPSA) is 71.1 Å². The van der Waals surface area contributed by atoms with E-state index in [2.05, 4.69) is 0 Å². The molecule has 0 saturated carbocycles. The molecule has 0 atom stereocenters. The molecule has 0 aliphatic heterocycles. The number of Topliss-reactive ketones (excluding diaryl/α,β-unsaturated/α-hetero) is 1. The van der Waals surface area contributed by atoms with E-state index in [1.165, 1.54) is 34.5 Å². The third-order valence-corrected chi connectivity index (χ3v) is 4.27. The zero-order chi connectivity index (χ0) is 19.1. The number of ether oxygens (including phenoxy) is 4. The molecule has 6 nitrogen and oxygen atoms in total. The van der Waals surface area contributed by atoms with Crippen LogP contribution in [0.15, 0.2) is 29.4 Å². The molecule has 0 heterocycles. The van der Waals surface area contributed by atoms with Crippen molar-refractivity contribution in [3.63, 3.8) is 0 Å². The van der Waals surface area contributed by atoms with Crippen LogP contribution < -0.4 is 14.2 Å². The zero-order valence-electron chi connectivity index (χ0n) is 15.6. The van der Waals surface area contributed by atoms with E-state index in [9.17, 15) is 9.59 Å². The average molecular weight is 360 g/mol. The zero-order valence-corrected chi connectivity index (χ0v) is 15.6. The Bertz CT molecular complexity index is 720. The first-order valence-corrected chi connectivity index (χ1v) is 8.39. The first-order chi connectivity index (χ1) is 12.5. The highest BCUT2D eigenvalue weighted by atomic mass is 16.5. The predicted molar refractivity (Wildman–Crippen MR) is 97.6 cm³/mol. The van der Waals surface area contributed by atoms with Crippen LogP contribution in [0.3, 0.4) is 0 Å². The minimum atomic E-state index is -0.693. The number of esters is 1. The molecule has 0 radical (unpaired) electrons. The van der Waals surface area contributed by atoms with Crippen LogP contribution >= 0.6 is 0 Å². The van der Waals surface area contributed by atoms with Gasteiger partial charge < -0.3 is 18.9 Å². The van der Waals surface area contributed by atoms with Gasteiger partial charge in [0.05, 0.1) is 34.0 Å². The number of carbonyl (C=O) groups is 2. The van der Waals surface area contributed by atoms with Gasteiger partial charge in [-0.25, -0.2) is 4.79 Å². The molecule has 0 N–H and O–H groups in total. The second kappa shape index (κ2) is 9.08. The third-order valence-electron chi connectivity index (χ3n) is 4.27. The predicted octanol–water partition coefficient (Wildman–Crippen LogP) is 3.34. The fourth-order valence-electron chi connectivity index (χ4n) is 2.86. The summed E-state index contributed by atoms with van der Waals surface area (Å²) >= 11 is 0. The fraction of sp³-hybridized carbons (Fsp3) is 0.400. The molecule has 0 amide bonds. The molecule has 0 bridgehead atoms. The van der Waals surface area contributed by atoms with Crippen LogP contribution in [0.4, 0.5) is 0 Å². The van der Waals surface area contributed by atoms with Gasteiger partial charge in [-0.15, -0.1) is 0 Å². The van der Waals surface area contributed by atoms with Crippen molar-refractivity contribution in [1.82, 2.24) is 0 Å². The first-order valence-electron chi connectivity index (χ1n) is 8.39. The molecule has 0 spiro atoms. The van der Waals surface area contributed by atoms with E-state index in [4.69, 9.17) is 18.9 Å². The molecule has 1 aliphatic carbocycles. The summed E-state index contributed by atoms with van der Waals surface area (Å²) in [6.45, 7) is 0. The Hall–Kier alpha value is -2.76. The lowest BCUT2D eigenvalue weighted by molar-refractivity contribution is -0.137. The molecule has 1 aromatic rings. The van der Waals surface area contributed by atoms with Gasteiger partial charge in [0, 0.05) is 12.1 Å². The molecule has 0 unspecified atom stereocenters. The number of hydrogen-bond donors (Lipinski definition) is 0. The van der Waals surface area contributed by atoms with Gasteiger partial charge in [0.1, 0.15) is 22.8 Å². The number of hydrogen-bond acceptors (Lipinski definition) is 6. The standard InChI is InChI=1S/C20H24O6/c1-23-14-10-17(24-2)15(18(11-14)25-3)12-16(20(22)26-4)19(21)13-8-6-5-7-9-13/h8,10-12H,5-7,9H2,1-4H3/b16-12-. The van der Waals surface area contributed by atoms with E-state index in [1.807, 2.05) is 6.08 Å². The van der Waals surface area contributed by atoms with Gasteiger partial charge in [-0.2, -0.15) is 0 Å². The number of methoxy groups -OCH3 is 4. The Balaban J connectivity index is 2.58. The number of benzene rings is 1. The molecule has 6 heteroatoms. The minimum absolute atomic E-state index is 0.0533. The quantitative estimate of drug-likeness (QED) is 0.321. The molecule has 0 fully saturated rings. The van der Waals surface area contributed by atoms with Crippen LogP contribution in [0.1, 0.15) is 31.2 Å². The second-order valence-corrected chi connectivity index (χ2v) is 5.80. The summed E-state index contributed by atoms with van der Waals surface area (Å²) in [5.41, 5.74) is 1.06. The summed E-state index contributed by atoms with van der Waals surface area (Å²) in [5.74, 6) is 0.371. The molecule has 140 valence electrons. The summed E-state index contributed by atoms with van der Waals surface area (Å²) in [6.07, 6.45) is 6.83. The number of ketones is 1. The monoisotopic (exact) mass is 360 g/mol. The SMILES string of the molecule is COC(=O)/C(=C\c1c(OC)cc(OC)cc1OC)C(=O)C1=CCCCC1. The van der Waals surface area contributed by atoms with Crippen molar-refractivity contribution < 1.29 is 28.5 Å². The molecule has 1 aliphatic rings. The van der Waals surface area contributed by atoms with E-state index in [1.54, 1.807) is 12.1 Å². The third kappa shape index (κ3) is 4.25. The van der Waals surface area contributed by atoms with Gasteiger partial charge in [-0.1, -0.05) is 6.08 Å². The normalized spacial score (nSPS) is 14.3. The molecule has 0 saturated heterocycles. The highest BCUT2D eigenvalue weighted by molar-refractivity contribution is 6.26. The van der Waals surface area contributed by atoms with Crippen LogP contribution in [0.5, 0.6) is 17.2 Å². The first kappa shape index (κ1) is 19.6. The Morgan fingerprint density at radius 1 is 0.962 bits per heavy atom. The number of carbonyl (C=O) groups excluding carboxylic acids is 2. The van der Waals surface area contributed by atoms with Gasteiger partial charge in [0.2, 0.25) is 0 Å². The summed E-state index contributed by atoms with van der Waals surface area (Å²) in [5, 5.41) is 0. The fourth-order valence-corrected chi connectivity index (χ4v) is 2.86. The van der Waals surface area contributed by atoms with E-state index >= 15 is 0 Å². The smallest absolute Gasteiger partial charge is 0.341 e. The maximum Gasteiger partial charge on any atom is 0.341 e. The molecular weight excluding hydrogens is 336 g/mol. The number of rotatable bonds is 7. The molecule has 0 aromatic heterocycles. The number of allylic oxidation sites excluding steroid dienone is 2. The van der Waals surface area contributed by atoms with Crippen molar-refractivity contribution in [2.45, 2.75) is 25.7 Å². The second-order valence-electron chi connectivity index (χ2n) is 5.80. The highest BCUT2D eigenvalue weighted by Gasteiger charge is 2.25. The summed E-state index contributed by atoms with van der Waals surface area (Å²) in [7, 11) is 5.77. The Kier molecular flexibility index (Phi) is 6.83. The van der Waals surface area contributed by atoms with E-state index in [0.717, 1.165) is 19.3 Å². The van der Waals surface area contributed by atoms with Crippen molar-refractivity contribution in [1.29, 1.82) is 0 Å². The van der Waals surface area contributed by atoms with Crippen molar-refractivity contribution in [3.05, 3.63) is 34.9 Å². The summed E-state index contributed by atoms with van der Waals surface area (Å²) in [4.78, 5) is 25.2. The average Bonchev–Trinajstić information content (AvgIpc) is 2.70. The van der Waals surface area contributed by atoms with Gasteiger partial charge >= 0.3 is 5.97 Å². The molecule has 2 rings (SSSR count). The lowest BCUT2D eigenvalue weighted by atomic mass is 9.92. The van der Waals surface area contributed by atoms with Crippen molar-refractivity contribution in [3.8, 4) is 17.2 Å². The minimum Gasteiger partial charge on any atom is -0.496 e. The van der Waals surface area contributed by atoms with E-state index in [0.29, 0.717) is 34.8 Å². The molecule has 1 aromatic carbocycles. The van der Waals surface area contributed by atoms with E-state index < -0.39 is 5.97 Å². The van der Waals surface area contributed by atoms with Crippen LogP contribution in [-0.2, 0) is 14.3 Å². The van der Waals surface area contributed by atoms with Crippen molar-refractivity contribution >= 4 is 17.8 Å². The maximum atomic E-state index is 12.9. The van der Waals surface area contributed by atoms with Crippen LogP contribution in [0, 0.1) is 0 Å². The summed E-state index contributed by atoms with van der Waals surface area (Å²) < 4.78 is 20.8. The largest absolute Gasteiger partial charge is 0.496 e. The lowest BCUT2D eigenvalue weighted by Crippen LogP contribution is -2.17. The van der Waals surface area contributed by atoms with E-state index in [-0.39, 0.29) is 11.4 Å². The molecule has 26 heavy (non-hydrogen) atoms.